The van der Waals surface area contributed by atoms with Crippen LogP contribution in [0.5, 0.6) is 5.75 Å². The van der Waals surface area contributed by atoms with Gasteiger partial charge in [0.1, 0.15) is 22.8 Å². The highest BCUT2D eigenvalue weighted by atomic mass is 35.5. The Bertz CT molecular complexity index is 1480. The average Bonchev–Trinajstić information content (AvgIpc) is 3.18. The van der Waals surface area contributed by atoms with E-state index >= 15 is 0 Å². The van der Waals surface area contributed by atoms with Crippen LogP contribution in [0.1, 0.15) is 36.7 Å². The molecule has 0 aliphatic heterocycles. The molecule has 4 aromatic rings. The standard InChI is InChI=1S/C24H20ClF2N3O4S/c1-24(2,3)34-13-4-5-14(17(25)9-13)12-8-15-16(11-29-23(15)28-10-12)22(31)20-18(26)6-7-19(21(20)27)30-35(32)33/h4-11,30H,1-3H3,(H,28,29)(H,32,33). The summed E-state index contributed by atoms with van der Waals surface area (Å²) in [6.07, 6.45) is 2.86. The molecule has 1 atom stereocenters. The third kappa shape index (κ3) is 5.19. The minimum Gasteiger partial charge on any atom is -0.488 e. The number of halogens is 3. The van der Waals surface area contributed by atoms with Gasteiger partial charge in [0.2, 0.25) is 5.78 Å². The van der Waals surface area contributed by atoms with Crippen LogP contribution < -0.4 is 9.46 Å². The normalized spacial score (nSPS) is 12.5. The number of carbonyl (C=O) groups excluding carboxylic acids is 1. The van der Waals surface area contributed by atoms with Crippen molar-refractivity contribution in [3.8, 4) is 16.9 Å². The Balaban J connectivity index is 1.76. The van der Waals surface area contributed by atoms with Crippen LogP contribution in [-0.4, -0.2) is 30.1 Å². The minimum atomic E-state index is -2.61. The minimum absolute atomic E-state index is 0.0294. The number of hydrogen-bond donors (Lipinski definition) is 3. The molecule has 0 bridgehead atoms. The molecule has 1 unspecified atom stereocenters. The summed E-state index contributed by atoms with van der Waals surface area (Å²) in [6.45, 7) is 5.74. The second-order valence-electron chi connectivity index (χ2n) is 8.64. The van der Waals surface area contributed by atoms with E-state index in [4.69, 9.17) is 20.9 Å². The van der Waals surface area contributed by atoms with E-state index in [9.17, 15) is 17.8 Å². The Morgan fingerprint density at radius 3 is 2.60 bits per heavy atom. The highest BCUT2D eigenvalue weighted by Gasteiger charge is 2.25. The van der Waals surface area contributed by atoms with Crippen LogP contribution in [0.3, 0.4) is 0 Å². The van der Waals surface area contributed by atoms with Gasteiger partial charge in [0, 0.05) is 34.5 Å². The van der Waals surface area contributed by atoms with Crippen LogP contribution in [0.2, 0.25) is 5.02 Å². The molecule has 0 saturated heterocycles. The topological polar surface area (TPSA) is 104 Å². The summed E-state index contributed by atoms with van der Waals surface area (Å²) >= 11 is 3.87. The fraction of sp³-hybridized carbons (Fsp3) is 0.167. The zero-order valence-corrected chi connectivity index (χ0v) is 20.4. The van der Waals surface area contributed by atoms with Gasteiger partial charge in [-0.1, -0.05) is 11.6 Å². The van der Waals surface area contributed by atoms with Gasteiger partial charge in [-0.3, -0.25) is 14.1 Å². The number of H-pyrrole nitrogens is 1. The molecule has 2 aromatic carbocycles. The van der Waals surface area contributed by atoms with Crippen molar-refractivity contribution in [3.63, 3.8) is 0 Å². The summed E-state index contributed by atoms with van der Waals surface area (Å²) < 4.78 is 57.1. The lowest BCUT2D eigenvalue weighted by molar-refractivity contribution is 0.103. The van der Waals surface area contributed by atoms with Crippen molar-refractivity contribution < 1.29 is 27.1 Å². The van der Waals surface area contributed by atoms with E-state index in [0.29, 0.717) is 32.9 Å². The largest absolute Gasteiger partial charge is 0.488 e. The Morgan fingerprint density at radius 2 is 1.94 bits per heavy atom. The van der Waals surface area contributed by atoms with Gasteiger partial charge in [0.25, 0.3) is 11.3 Å². The molecule has 2 heterocycles. The number of aromatic nitrogens is 2. The Morgan fingerprint density at radius 1 is 1.20 bits per heavy atom. The number of pyridine rings is 1. The number of rotatable bonds is 6. The van der Waals surface area contributed by atoms with Crippen LogP contribution in [0.25, 0.3) is 22.2 Å². The molecule has 0 radical (unpaired) electrons. The molecule has 0 aliphatic carbocycles. The van der Waals surface area contributed by atoms with Crippen molar-refractivity contribution in [2.24, 2.45) is 0 Å². The number of benzene rings is 2. The summed E-state index contributed by atoms with van der Waals surface area (Å²) in [5.74, 6) is -2.77. The number of anilines is 1. The fourth-order valence-electron chi connectivity index (χ4n) is 3.55. The van der Waals surface area contributed by atoms with Gasteiger partial charge in [0.15, 0.2) is 5.82 Å². The molecule has 7 nitrogen and oxygen atoms in total. The maximum Gasteiger partial charge on any atom is 0.259 e. The van der Waals surface area contributed by atoms with Gasteiger partial charge < -0.3 is 9.72 Å². The summed E-state index contributed by atoms with van der Waals surface area (Å²) in [5, 5.41) is 0.714. The van der Waals surface area contributed by atoms with Crippen LogP contribution in [0.15, 0.2) is 48.8 Å². The molecule has 0 saturated carbocycles. The maximum absolute atomic E-state index is 14.9. The molecule has 0 fully saturated rings. The van der Waals surface area contributed by atoms with E-state index in [1.807, 2.05) is 25.5 Å². The van der Waals surface area contributed by atoms with Crippen molar-refractivity contribution in [1.29, 1.82) is 0 Å². The van der Waals surface area contributed by atoms with E-state index in [2.05, 4.69) is 9.97 Å². The zero-order chi connectivity index (χ0) is 25.5. The monoisotopic (exact) mass is 519 g/mol. The Kier molecular flexibility index (Phi) is 6.63. The molecule has 0 amide bonds. The summed E-state index contributed by atoms with van der Waals surface area (Å²) in [4.78, 5) is 20.3. The number of nitrogens with one attached hydrogen (secondary N) is 2. The molecular formula is C24H20ClF2N3O4S. The molecule has 11 heteroatoms. The van der Waals surface area contributed by atoms with Crippen molar-refractivity contribution in [3.05, 3.63) is 76.6 Å². The second kappa shape index (κ2) is 9.37. The number of ether oxygens (including phenoxy) is 1. The molecule has 2 aromatic heterocycles. The lowest BCUT2D eigenvalue weighted by atomic mass is 9.99. The van der Waals surface area contributed by atoms with Crippen LogP contribution in [0, 0.1) is 11.6 Å². The first-order valence-electron chi connectivity index (χ1n) is 10.3. The van der Waals surface area contributed by atoms with Gasteiger partial charge in [-0.25, -0.2) is 18.0 Å². The van der Waals surface area contributed by atoms with Crippen LogP contribution >= 0.6 is 11.6 Å². The number of hydrogen-bond acceptors (Lipinski definition) is 4. The van der Waals surface area contributed by atoms with Gasteiger partial charge >= 0.3 is 0 Å². The first kappa shape index (κ1) is 24.8. The molecule has 4 rings (SSSR count). The third-order valence-electron chi connectivity index (χ3n) is 4.97. The second-order valence-corrected chi connectivity index (χ2v) is 9.75. The van der Waals surface area contributed by atoms with Crippen LogP contribution in [0.4, 0.5) is 14.5 Å². The molecule has 0 spiro atoms. The number of aromatic amines is 1. The van der Waals surface area contributed by atoms with Crippen molar-refractivity contribution in [1.82, 2.24) is 9.97 Å². The lowest BCUT2D eigenvalue weighted by Crippen LogP contribution is -2.22. The predicted molar refractivity (Wildman–Crippen MR) is 131 cm³/mol. The summed E-state index contributed by atoms with van der Waals surface area (Å²) in [7, 11) is 0. The van der Waals surface area contributed by atoms with E-state index in [1.54, 1.807) is 30.5 Å². The zero-order valence-electron chi connectivity index (χ0n) is 18.8. The van der Waals surface area contributed by atoms with E-state index in [1.165, 1.54) is 6.20 Å². The van der Waals surface area contributed by atoms with E-state index in [0.717, 1.165) is 12.1 Å². The summed E-state index contributed by atoms with van der Waals surface area (Å²) in [5.41, 5.74) is -0.269. The fourth-order valence-corrected chi connectivity index (χ4v) is 4.18. The lowest BCUT2D eigenvalue weighted by Gasteiger charge is -2.21. The molecule has 35 heavy (non-hydrogen) atoms. The number of carbonyl (C=O) groups is 1. The SMILES string of the molecule is CC(C)(C)Oc1ccc(-c2cnc3[nH]cc(C(=O)c4c(F)ccc(NS(=O)O)c4F)c3c2)c(Cl)c1. The van der Waals surface area contributed by atoms with Gasteiger partial charge in [0.05, 0.1) is 16.3 Å². The van der Waals surface area contributed by atoms with E-state index in [-0.39, 0.29) is 5.56 Å². The van der Waals surface area contributed by atoms with Gasteiger partial charge in [-0.2, -0.15) is 0 Å². The van der Waals surface area contributed by atoms with Crippen molar-refractivity contribution >= 4 is 45.4 Å². The van der Waals surface area contributed by atoms with Crippen molar-refractivity contribution in [2.75, 3.05) is 4.72 Å². The summed E-state index contributed by atoms with van der Waals surface area (Å²) in [6, 6.07) is 8.59. The highest BCUT2D eigenvalue weighted by Crippen LogP contribution is 2.34. The maximum atomic E-state index is 14.9. The Labute approximate surface area is 206 Å². The quantitative estimate of drug-likeness (QED) is 0.210. The average molecular weight is 520 g/mol. The van der Waals surface area contributed by atoms with Crippen molar-refractivity contribution in [2.45, 2.75) is 26.4 Å². The third-order valence-corrected chi connectivity index (χ3v) is 5.67. The molecule has 182 valence electrons. The molecule has 3 N–H and O–H groups in total. The van der Waals surface area contributed by atoms with E-state index < -0.39 is 45.5 Å². The number of nitrogens with zero attached hydrogens (tertiary/aromatic N) is 1. The van der Waals surface area contributed by atoms with Gasteiger partial charge in [-0.15, -0.1) is 0 Å². The first-order valence-corrected chi connectivity index (χ1v) is 11.8. The first-order chi connectivity index (χ1) is 16.4. The number of fused-ring (bicyclic) bond motifs is 1. The smallest absolute Gasteiger partial charge is 0.259 e. The van der Waals surface area contributed by atoms with Crippen LogP contribution in [-0.2, 0) is 11.3 Å². The highest BCUT2D eigenvalue weighted by molar-refractivity contribution is 7.80. The van der Waals surface area contributed by atoms with Gasteiger partial charge in [-0.05, 0) is 57.2 Å². The number of ketones is 1. The molecular weight excluding hydrogens is 500 g/mol. The molecule has 0 aliphatic rings. The predicted octanol–water partition coefficient (Wildman–Crippen LogP) is 6.12. The Hall–Kier alpha value is -3.34.